The number of aromatic nitrogens is 2. The van der Waals surface area contributed by atoms with E-state index < -0.39 is 11.7 Å². The van der Waals surface area contributed by atoms with E-state index in [1.165, 1.54) is 6.07 Å². The summed E-state index contributed by atoms with van der Waals surface area (Å²) in [4.78, 5) is 21.6. The van der Waals surface area contributed by atoms with Gasteiger partial charge < -0.3 is 4.90 Å². The van der Waals surface area contributed by atoms with Gasteiger partial charge in [-0.3, -0.25) is 9.69 Å². The van der Waals surface area contributed by atoms with E-state index in [1.54, 1.807) is 48.4 Å². The number of piperazine rings is 1. The number of carbonyl (C=O) groups is 1. The highest BCUT2D eigenvalue weighted by Gasteiger charge is 2.34. The van der Waals surface area contributed by atoms with Gasteiger partial charge in [-0.05, 0) is 49.7 Å². The van der Waals surface area contributed by atoms with E-state index in [4.69, 9.17) is 0 Å². The van der Waals surface area contributed by atoms with Crippen molar-refractivity contribution >= 4 is 17.8 Å². The first-order chi connectivity index (χ1) is 18.5. The lowest BCUT2D eigenvalue weighted by Gasteiger charge is -2.33. The molecule has 1 aromatic heterocycles. The zero-order valence-corrected chi connectivity index (χ0v) is 22.6. The summed E-state index contributed by atoms with van der Waals surface area (Å²) in [7, 11) is 3.79. The molecule has 39 heavy (non-hydrogen) atoms. The molecule has 2 aromatic carbocycles. The minimum absolute atomic E-state index is 0.133. The molecule has 4 rings (SSSR count). The van der Waals surface area contributed by atoms with Crippen molar-refractivity contribution in [1.82, 2.24) is 19.6 Å². The van der Waals surface area contributed by atoms with Crippen LogP contribution in [-0.2, 0) is 26.2 Å². The third-order valence-corrected chi connectivity index (χ3v) is 6.88. The number of likely N-dealkylation sites (N-methyl/N-ethyl adjacent to an activating group) is 1. The SMILES string of the molecule is CC=Nc1c(C#Cc2cc(C(=O)Cc3ccc(CN4CCN(C)CC4)c(C(F)(F)F)c3)ccc2C)cnn1C. The number of rotatable bonds is 6. The summed E-state index contributed by atoms with van der Waals surface area (Å²) < 4.78 is 43.5. The molecule has 1 saturated heterocycles. The van der Waals surface area contributed by atoms with Crippen molar-refractivity contribution in [2.24, 2.45) is 12.0 Å². The molecule has 6 nitrogen and oxygen atoms in total. The number of aliphatic imine (C=N–C) groups is 1. The molecule has 0 saturated carbocycles. The fraction of sp³-hybridized carbons (Fsp3) is 0.367. The van der Waals surface area contributed by atoms with E-state index in [-0.39, 0.29) is 24.3 Å². The Kier molecular flexibility index (Phi) is 8.68. The first kappa shape index (κ1) is 28.3. The molecule has 0 amide bonds. The monoisotopic (exact) mass is 535 g/mol. The second-order valence-corrected chi connectivity index (χ2v) is 9.84. The maximum atomic E-state index is 14.0. The number of aryl methyl sites for hydroxylation is 2. The summed E-state index contributed by atoms with van der Waals surface area (Å²) in [6.45, 7) is 7.03. The molecule has 0 radical (unpaired) electrons. The first-order valence-electron chi connectivity index (χ1n) is 12.8. The van der Waals surface area contributed by atoms with Gasteiger partial charge in [0.25, 0.3) is 0 Å². The van der Waals surface area contributed by atoms with Gasteiger partial charge >= 0.3 is 6.18 Å². The molecule has 3 aromatic rings. The fourth-order valence-corrected chi connectivity index (χ4v) is 4.53. The van der Waals surface area contributed by atoms with Gasteiger partial charge in [0, 0.05) is 63.5 Å². The lowest BCUT2D eigenvalue weighted by Crippen LogP contribution is -2.44. The number of hydrogen-bond acceptors (Lipinski definition) is 5. The Labute approximate surface area is 227 Å². The van der Waals surface area contributed by atoms with Gasteiger partial charge in [-0.2, -0.15) is 18.3 Å². The van der Waals surface area contributed by atoms with Crippen LogP contribution < -0.4 is 0 Å². The summed E-state index contributed by atoms with van der Waals surface area (Å²) in [6, 6.07) is 9.44. The molecule has 204 valence electrons. The second-order valence-electron chi connectivity index (χ2n) is 9.84. The molecule has 0 unspecified atom stereocenters. The highest BCUT2D eigenvalue weighted by Crippen LogP contribution is 2.34. The van der Waals surface area contributed by atoms with Crippen molar-refractivity contribution in [1.29, 1.82) is 0 Å². The molecule has 1 aliphatic heterocycles. The number of Topliss-reactive ketones (excluding diaryl/α,β-unsaturated/α-hetero) is 1. The number of ketones is 1. The minimum Gasteiger partial charge on any atom is -0.304 e. The standard InChI is InChI=1S/C30H32F3N5O/c1-5-34-29-25(19-35-37(29)4)11-10-23-18-24(8-6-21(23)2)28(39)17-22-7-9-26(27(16-22)30(31,32)33)20-38-14-12-36(3)13-15-38/h5-9,16,18-19H,12-15,17,20H2,1-4H3. The smallest absolute Gasteiger partial charge is 0.304 e. The average molecular weight is 536 g/mol. The highest BCUT2D eigenvalue weighted by molar-refractivity contribution is 5.98. The maximum Gasteiger partial charge on any atom is 0.416 e. The third-order valence-electron chi connectivity index (χ3n) is 6.88. The van der Waals surface area contributed by atoms with Crippen molar-refractivity contribution in [3.8, 4) is 11.8 Å². The van der Waals surface area contributed by atoms with Crippen LogP contribution in [0.3, 0.4) is 0 Å². The normalized spacial score (nSPS) is 14.9. The maximum absolute atomic E-state index is 14.0. The Morgan fingerprint density at radius 2 is 1.77 bits per heavy atom. The van der Waals surface area contributed by atoms with E-state index in [0.717, 1.165) is 37.8 Å². The van der Waals surface area contributed by atoms with Crippen LogP contribution >= 0.6 is 0 Å². The van der Waals surface area contributed by atoms with Crippen LogP contribution in [0.5, 0.6) is 0 Å². The van der Waals surface area contributed by atoms with E-state index in [2.05, 4.69) is 26.8 Å². The number of alkyl halides is 3. The van der Waals surface area contributed by atoms with Crippen molar-refractivity contribution in [3.05, 3.63) is 81.5 Å². The van der Waals surface area contributed by atoms with Gasteiger partial charge in [0.2, 0.25) is 0 Å². The van der Waals surface area contributed by atoms with E-state index in [1.807, 2.05) is 25.8 Å². The summed E-state index contributed by atoms with van der Waals surface area (Å²) in [6.07, 6.45) is -1.34. The second kappa shape index (κ2) is 12.0. The number of carbonyl (C=O) groups excluding carboxylic acids is 1. The molecule has 2 heterocycles. The minimum atomic E-state index is -4.50. The number of halogens is 3. The number of hydrogen-bond donors (Lipinski definition) is 0. The third kappa shape index (κ3) is 7.02. The van der Waals surface area contributed by atoms with Gasteiger partial charge in [-0.25, -0.2) is 9.67 Å². The Morgan fingerprint density at radius 3 is 2.46 bits per heavy atom. The Balaban J connectivity index is 1.54. The number of benzene rings is 2. The topological polar surface area (TPSA) is 53.7 Å². The molecule has 0 bridgehead atoms. The molecule has 1 fully saturated rings. The van der Waals surface area contributed by atoms with Crippen LogP contribution in [0.25, 0.3) is 0 Å². The van der Waals surface area contributed by atoms with Crippen LogP contribution in [0.4, 0.5) is 19.0 Å². The van der Waals surface area contributed by atoms with Crippen LogP contribution in [0.15, 0.2) is 47.6 Å². The molecule has 0 aliphatic carbocycles. The van der Waals surface area contributed by atoms with Crippen molar-refractivity contribution in [3.63, 3.8) is 0 Å². The van der Waals surface area contributed by atoms with Crippen LogP contribution in [0.2, 0.25) is 0 Å². The van der Waals surface area contributed by atoms with Crippen molar-refractivity contribution in [2.45, 2.75) is 33.0 Å². The van der Waals surface area contributed by atoms with Crippen LogP contribution in [0.1, 0.15) is 50.7 Å². The molecular weight excluding hydrogens is 503 g/mol. The van der Waals surface area contributed by atoms with Gasteiger partial charge in [-0.15, -0.1) is 0 Å². The average Bonchev–Trinajstić information content (AvgIpc) is 3.24. The van der Waals surface area contributed by atoms with Crippen molar-refractivity contribution in [2.75, 3.05) is 33.2 Å². The summed E-state index contributed by atoms with van der Waals surface area (Å²) in [5.41, 5.74) is 2.49. The number of nitrogens with zero attached hydrogens (tertiary/aromatic N) is 5. The Hall–Kier alpha value is -3.74. The van der Waals surface area contributed by atoms with Gasteiger partial charge in [-0.1, -0.05) is 36.1 Å². The highest BCUT2D eigenvalue weighted by atomic mass is 19.4. The quantitative estimate of drug-likeness (QED) is 0.252. The lowest BCUT2D eigenvalue weighted by molar-refractivity contribution is -0.138. The van der Waals surface area contributed by atoms with E-state index in [0.29, 0.717) is 28.1 Å². The van der Waals surface area contributed by atoms with Crippen molar-refractivity contribution < 1.29 is 18.0 Å². The molecule has 0 atom stereocenters. The van der Waals surface area contributed by atoms with Gasteiger partial charge in [0.15, 0.2) is 11.6 Å². The Morgan fingerprint density at radius 1 is 1.05 bits per heavy atom. The summed E-state index contributed by atoms with van der Waals surface area (Å²) in [5.74, 6) is 6.52. The van der Waals surface area contributed by atoms with Gasteiger partial charge in [0.05, 0.1) is 17.3 Å². The molecule has 0 spiro atoms. The Bertz CT molecular complexity index is 1440. The predicted octanol–water partition coefficient (Wildman–Crippen LogP) is 5.04. The van der Waals surface area contributed by atoms with E-state index >= 15 is 0 Å². The zero-order chi connectivity index (χ0) is 28.2. The summed E-state index contributed by atoms with van der Waals surface area (Å²) in [5, 5.41) is 4.19. The lowest BCUT2D eigenvalue weighted by atomic mass is 9.96. The molecular formula is C30H32F3N5O. The van der Waals surface area contributed by atoms with E-state index in [9.17, 15) is 18.0 Å². The fourth-order valence-electron chi connectivity index (χ4n) is 4.53. The van der Waals surface area contributed by atoms with Crippen LogP contribution in [-0.4, -0.2) is 64.8 Å². The van der Waals surface area contributed by atoms with Crippen LogP contribution in [0, 0.1) is 18.8 Å². The molecule has 1 aliphatic rings. The van der Waals surface area contributed by atoms with Gasteiger partial charge in [0.1, 0.15) is 0 Å². The summed E-state index contributed by atoms with van der Waals surface area (Å²) >= 11 is 0. The molecule has 0 N–H and O–H groups in total. The predicted molar refractivity (Wildman–Crippen MR) is 146 cm³/mol. The molecule has 9 heteroatoms. The largest absolute Gasteiger partial charge is 0.416 e. The first-order valence-corrected chi connectivity index (χ1v) is 12.8. The zero-order valence-electron chi connectivity index (χ0n) is 22.6.